The quantitative estimate of drug-likeness (QED) is 0.0758. The Labute approximate surface area is 440 Å². The number of nitrogens with zero attached hydrogens (tertiary/aromatic N) is 2. The Kier molecular flexibility index (Phi) is 20.9. The first kappa shape index (κ1) is 57.1. The zero-order valence-corrected chi connectivity index (χ0v) is 41.5. The van der Waals surface area contributed by atoms with Gasteiger partial charge in [0.25, 0.3) is 17.7 Å². The molecule has 0 aliphatic rings. The van der Waals surface area contributed by atoms with Gasteiger partial charge in [0.05, 0.1) is 48.0 Å². The Balaban J connectivity index is 0.000000199. The van der Waals surface area contributed by atoms with Crippen molar-refractivity contribution in [2.24, 2.45) is 0 Å². The van der Waals surface area contributed by atoms with Gasteiger partial charge in [-0.2, -0.15) is 13.2 Å². The molecule has 0 saturated heterocycles. The number of carboxylic acid groups (broad SMARTS) is 2. The van der Waals surface area contributed by atoms with Crippen LogP contribution in [-0.2, 0) is 14.3 Å². The van der Waals surface area contributed by atoms with Crippen LogP contribution in [0.15, 0.2) is 199 Å². The van der Waals surface area contributed by atoms with Crippen LogP contribution in [0.1, 0.15) is 62.1 Å². The number of aromatic nitrogens is 2. The van der Waals surface area contributed by atoms with Gasteiger partial charge in [0, 0.05) is 57.1 Å². The molecule has 0 fully saturated rings. The van der Waals surface area contributed by atoms with Gasteiger partial charge in [-0.3, -0.25) is 24.4 Å². The average molecular weight is 1100 g/mol. The summed E-state index contributed by atoms with van der Waals surface area (Å²) in [7, 11) is 2.60. The smallest absolute Gasteiger partial charge is 0.478 e. The number of hydrogen-bond donors (Lipinski definition) is 5. The van der Waals surface area contributed by atoms with Crippen LogP contribution in [0.3, 0.4) is 0 Å². The molecule has 6 aromatic carbocycles. The number of esters is 2. The van der Waals surface area contributed by atoms with Crippen LogP contribution in [0.2, 0.25) is 0 Å². The lowest BCUT2D eigenvalue weighted by molar-refractivity contribution is -0.192. The minimum atomic E-state index is -5.08. The van der Waals surface area contributed by atoms with E-state index in [0.717, 1.165) is 26.7 Å². The summed E-state index contributed by atoms with van der Waals surface area (Å²) in [6, 6.07) is 48.6. The summed E-state index contributed by atoms with van der Waals surface area (Å²) >= 11 is 3.31. The van der Waals surface area contributed by atoms with Crippen molar-refractivity contribution < 1.29 is 66.4 Å². The lowest BCUT2D eigenvalue weighted by atomic mass is 10.0. The molecule has 0 atom stereocenters. The van der Waals surface area contributed by atoms with E-state index >= 15 is 0 Å². The average Bonchev–Trinajstić information content (AvgIpc) is 3.44. The van der Waals surface area contributed by atoms with E-state index in [1.807, 2.05) is 36.4 Å². The highest BCUT2D eigenvalue weighted by Gasteiger charge is 2.38. The highest BCUT2D eigenvalue weighted by atomic mass is 79.9. The van der Waals surface area contributed by atoms with E-state index in [4.69, 9.17) is 19.4 Å². The van der Waals surface area contributed by atoms with E-state index in [0.29, 0.717) is 39.2 Å². The summed E-state index contributed by atoms with van der Waals surface area (Å²) in [5.41, 5.74) is 6.49. The zero-order chi connectivity index (χ0) is 55.2. The number of carboxylic acids is 2. The molecule has 0 spiro atoms. The van der Waals surface area contributed by atoms with Gasteiger partial charge < -0.3 is 35.6 Å². The Hall–Kier alpha value is -9.82. The number of nitrogens with one attached hydrogen (secondary N) is 3. The summed E-state index contributed by atoms with van der Waals surface area (Å²) in [5.74, 6) is -5.81. The second-order valence-electron chi connectivity index (χ2n) is 15.2. The molecule has 5 N–H and O–H groups in total. The van der Waals surface area contributed by atoms with Gasteiger partial charge in [-0.25, -0.2) is 19.2 Å². The van der Waals surface area contributed by atoms with Crippen LogP contribution >= 0.6 is 15.9 Å². The second-order valence-corrected chi connectivity index (χ2v) is 16.2. The molecule has 76 heavy (non-hydrogen) atoms. The molecule has 0 aliphatic carbocycles. The van der Waals surface area contributed by atoms with E-state index < -0.39 is 30.1 Å². The molecule has 16 nitrogen and oxygen atoms in total. The van der Waals surface area contributed by atoms with Crippen LogP contribution in [0, 0.1) is 0 Å². The number of hydrogen-bond acceptors (Lipinski definition) is 11. The van der Waals surface area contributed by atoms with Crippen molar-refractivity contribution in [1.82, 2.24) is 9.97 Å². The third-order valence-electron chi connectivity index (χ3n) is 10.1. The highest BCUT2D eigenvalue weighted by molar-refractivity contribution is 9.10. The summed E-state index contributed by atoms with van der Waals surface area (Å²) in [6.07, 6.45) is 1.66. The number of carbonyl (C=O) groups excluding carboxylic acids is 5. The molecule has 2 aromatic heterocycles. The lowest BCUT2D eigenvalue weighted by Gasteiger charge is -2.12. The van der Waals surface area contributed by atoms with E-state index in [9.17, 15) is 47.0 Å². The topological polar surface area (TPSA) is 240 Å². The number of amides is 3. The summed E-state index contributed by atoms with van der Waals surface area (Å²) in [4.78, 5) is 89.0. The number of benzene rings is 6. The highest BCUT2D eigenvalue weighted by Crippen LogP contribution is 2.28. The van der Waals surface area contributed by atoms with E-state index in [1.54, 1.807) is 152 Å². The second kappa shape index (κ2) is 27.9. The van der Waals surface area contributed by atoms with Gasteiger partial charge in [0.1, 0.15) is 0 Å². The fourth-order valence-corrected chi connectivity index (χ4v) is 6.82. The number of anilines is 3. The van der Waals surface area contributed by atoms with Gasteiger partial charge in [0.2, 0.25) is 0 Å². The monoisotopic (exact) mass is 1100 g/mol. The Morgan fingerprint density at radius 2 is 0.803 bits per heavy atom. The predicted molar refractivity (Wildman–Crippen MR) is 280 cm³/mol. The molecule has 0 bridgehead atoms. The first-order valence-corrected chi connectivity index (χ1v) is 22.9. The molecule has 2 heterocycles. The summed E-state index contributed by atoms with van der Waals surface area (Å²) < 4.78 is 42.0. The zero-order valence-electron chi connectivity index (χ0n) is 40.0. The first-order valence-electron chi connectivity index (χ1n) is 22.1. The molecule has 0 unspecified atom stereocenters. The minimum Gasteiger partial charge on any atom is -0.478 e. The Bertz CT molecular complexity index is 3300. The predicted octanol–water partition coefficient (Wildman–Crippen LogP) is 11.6. The number of halogens is 4. The lowest BCUT2D eigenvalue weighted by Crippen LogP contribution is -2.21. The van der Waals surface area contributed by atoms with E-state index in [1.165, 1.54) is 20.3 Å². The van der Waals surface area contributed by atoms with Crippen molar-refractivity contribution >= 4 is 74.6 Å². The summed E-state index contributed by atoms with van der Waals surface area (Å²) in [5, 5.41) is 24.7. The minimum absolute atomic E-state index is 0.0342. The normalized spacial score (nSPS) is 10.2. The Morgan fingerprint density at radius 1 is 0.461 bits per heavy atom. The standard InChI is InChI=1S/C20H16N2O3.C19H14N2O3.C15H12BrNO3.C2HF3O2/c1-25-20(24)17-10-9-15(16-8-5-11-21-13-16)12-18(17)22-19(23)14-6-3-2-4-7-14;22-18(13-5-2-1-3-6-13)21-17-11-14(8-9-16(17)19(23)24)15-7-4-10-20-12-15;1-20-15(19)12-8-7-11(16)9-13(12)17-14(18)10-5-3-2-4-6-10;3-2(4,5)1(6)7/h2-13H,1H3,(H,22,23);1-12H,(H,21,22)(H,23,24);2-9H,1H3,(H,17,18);(H,6,7). The van der Waals surface area contributed by atoms with Crippen LogP contribution in [0.5, 0.6) is 0 Å². The molecule has 0 saturated carbocycles. The van der Waals surface area contributed by atoms with E-state index in [-0.39, 0.29) is 29.0 Å². The van der Waals surface area contributed by atoms with E-state index in [2.05, 4.69) is 41.8 Å². The molecule has 20 heteroatoms. The molecule has 8 aromatic rings. The molecule has 0 aliphatic heterocycles. The molecule has 3 amide bonds. The molecule has 386 valence electrons. The van der Waals surface area contributed by atoms with Crippen LogP contribution in [-0.4, -0.2) is 82.2 Å². The van der Waals surface area contributed by atoms with Gasteiger partial charge in [-0.05, 0) is 102 Å². The van der Waals surface area contributed by atoms with Gasteiger partial charge in [0.15, 0.2) is 0 Å². The number of methoxy groups -OCH3 is 2. The van der Waals surface area contributed by atoms with Crippen LogP contribution < -0.4 is 16.0 Å². The maximum absolute atomic E-state index is 12.4. The number of ether oxygens (including phenoxy) is 2. The molecule has 8 rings (SSSR count). The number of aliphatic carboxylic acids is 1. The number of pyridine rings is 2. The fourth-order valence-electron chi connectivity index (χ4n) is 6.46. The number of carbonyl (C=O) groups is 7. The maximum Gasteiger partial charge on any atom is 0.490 e. The SMILES string of the molecule is COC(=O)c1ccc(-c2cccnc2)cc1NC(=O)c1ccccc1.COC(=O)c1ccc(Br)cc1NC(=O)c1ccccc1.O=C(Nc1cc(-c2cccnc2)ccc1C(=O)O)c1ccccc1.O=C(O)C(F)(F)F. The van der Waals surface area contributed by atoms with Gasteiger partial charge in [-0.1, -0.05) is 94.8 Å². The third kappa shape index (κ3) is 16.9. The number of alkyl halides is 3. The van der Waals surface area contributed by atoms with Crippen molar-refractivity contribution in [3.8, 4) is 22.3 Å². The van der Waals surface area contributed by atoms with Crippen molar-refractivity contribution in [2.75, 3.05) is 30.2 Å². The maximum atomic E-state index is 12.4. The van der Waals surface area contributed by atoms with Crippen LogP contribution in [0.25, 0.3) is 22.3 Å². The van der Waals surface area contributed by atoms with Crippen molar-refractivity contribution in [3.63, 3.8) is 0 Å². The van der Waals surface area contributed by atoms with Crippen molar-refractivity contribution in [2.45, 2.75) is 6.18 Å². The van der Waals surface area contributed by atoms with Gasteiger partial charge in [-0.15, -0.1) is 0 Å². The number of rotatable bonds is 11. The van der Waals surface area contributed by atoms with Crippen molar-refractivity contribution in [3.05, 3.63) is 232 Å². The van der Waals surface area contributed by atoms with Crippen LogP contribution in [0.4, 0.5) is 30.2 Å². The molecular weight excluding hydrogens is 1060 g/mol. The largest absolute Gasteiger partial charge is 0.490 e. The fraction of sp³-hybridized carbons (Fsp3) is 0.0536. The van der Waals surface area contributed by atoms with Crippen molar-refractivity contribution in [1.29, 1.82) is 0 Å². The first-order chi connectivity index (χ1) is 36.4. The molecule has 0 radical (unpaired) electrons. The Morgan fingerprint density at radius 3 is 1.13 bits per heavy atom. The number of aromatic carboxylic acids is 1. The molecular formula is C56H43BrF3N5O11. The summed E-state index contributed by atoms with van der Waals surface area (Å²) in [6.45, 7) is 0. The van der Waals surface area contributed by atoms with Gasteiger partial charge >= 0.3 is 30.1 Å². The third-order valence-corrected chi connectivity index (χ3v) is 10.6.